The van der Waals surface area contributed by atoms with Crippen LogP contribution in [0.25, 0.3) is 11.8 Å². The van der Waals surface area contributed by atoms with Crippen molar-refractivity contribution in [1.82, 2.24) is 14.8 Å². The van der Waals surface area contributed by atoms with Crippen molar-refractivity contribution in [2.24, 2.45) is 0 Å². The van der Waals surface area contributed by atoms with Gasteiger partial charge in [0.1, 0.15) is 5.57 Å². The lowest BCUT2D eigenvalue weighted by atomic mass is 10.1. The summed E-state index contributed by atoms with van der Waals surface area (Å²) in [6.45, 7) is 3.63. The largest absolute Gasteiger partial charge is 0.478 e. The van der Waals surface area contributed by atoms with Gasteiger partial charge in [-0.15, -0.1) is 0 Å². The maximum absolute atomic E-state index is 12.4. The molecule has 0 saturated carbocycles. The predicted molar refractivity (Wildman–Crippen MR) is 104 cm³/mol. The Balaban J connectivity index is 2.13. The van der Waals surface area contributed by atoms with Crippen LogP contribution in [0, 0.1) is 13.8 Å². The molecule has 2 N–H and O–H groups in total. The number of aromatic carboxylic acids is 1. The lowest BCUT2D eigenvalue weighted by molar-refractivity contribution is -0.128. The van der Waals surface area contributed by atoms with Crippen molar-refractivity contribution in [3.05, 3.63) is 58.4 Å². The molecule has 0 spiro atoms. The van der Waals surface area contributed by atoms with Gasteiger partial charge in [0, 0.05) is 18.4 Å². The molecule has 1 aliphatic heterocycles. The van der Waals surface area contributed by atoms with Crippen molar-refractivity contribution in [3.8, 4) is 5.69 Å². The van der Waals surface area contributed by atoms with Crippen LogP contribution in [0.2, 0.25) is 0 Å². The number of carboxylic acid groups (broad SMARTS) is 1. The van der Waals surface area contributed by atoms with Crippen LogP contribution in [-0.4, -0.2) is 44.5 Å². The van der Waals surface area contributed by atoms with Crippen LogP contribution in [0.5, 0.6) is 0 Å². The first-order valence-corrected chi connectivity index (χ1v) is 8.50. The molecular formula is C19H17N3O4S. The topological polar surface area (TPSA) is 91.6 Å². The lowest BCUT2D eigenvalue weighted by Gasteiger charge is -2.25. The predicted octanol–water partition coefficient (Wildman–Crippen LogP) is 2.05. The van der Waals surface area contributed by atoms with Crippen molar-refractivity contribution < 1.29 is 19.5 Å². The number of carbonyl (C=O) groups is 3. The van der Waals surface area contributed by atoms with Gasteiger partial charge in [0.25, 0.3) is 11.8 Å². The second kappa shape index (κ2) is 6.81. The standard InChI is InChI=1S/C19H17N3O4S/c1-10-8-12(9-14-16(23)20-19(27)21(3)17(14)24)11(2)22(10)15-7-5-4-6-13(15)18(25)26/h4-9H,1-3H3,(H,25,26)(H,20,23,27)/b14-9+. The highest BCUT2D eigenvalue weighted by Gasteiger charge is 2.31. The molecule has 2 amide bonds. The molecule has 1 aromatic carbocycles. The van der Waals surface area contributed by atoms with Gasteiger partial charge < -0.3 is 9.67 Å². The second-order valence-corrected chi connectivity index (χ2v) is 6.55. The number of carboxylic acids is 1. The molecule has 1 saturated heterocycles. The van der Waals surface area contributed by atoms with Gasteiger partial charge in [0.15, 0.2) is 5.11 Å². The summed E-state index contributed by atoms with van der Waals surface area (Å²) < 4.78 is 1.79. The Kier molecular flexibility index (Phi) is 4.67. The summed E-state index contributed by atoms with van der Waals surface area (Å²) in [5, 5.41) is 12.0. The van der Waals surface area contributed by atoms with E-state index in [-0.39, 0.29) is 16.2 Å². The minimum Gasteiger partial charge on any atom is -0.478 e. The third-order valence-electron chi connectivity index (χ3n) is 4.45. The molecule has 1 fully saturated rings. The summed E-state index contributed by atoms with van der Waals surface area (Å²) in [6.07, 6.45) is 1.50. The molecule has 27 heavy (non-hydrogen) atoms. The fourth-order valence-corrected chi connectivity index (χ4v) is 3.23. The van der Waals surface area contributed by atoms with Gasteiger partial charge in [0.2, 0.25) is 0 Å². The van der Waals surface area contributed by atoms with Crippen molar-refractivity contribution in [1.29, 1.82) is 0 Å². The van der Waals surface area contributed by atoms with Gasteiger partial charge in [0.05, 0.1) is 11.3 Å². The number of hydrogen-bond donors (Lipinski definition) is 2. The number of aryl methyl sites for hydroxylation is 1. The Bertz CT molecular complexity index is 1040. The number of nitrogens with zero attached hydrogens (tertiary/aromatic N) is 2. The van der Waals surface area contributed by atoms with E-state index in [1.807, 2.05) is 6.92 Å². The van der Waals surface area contributed by atoms with E-state index < -0.39 is 17.8 Å². The number of rotatable bonds is 3. The van der Waals surface area contributed by atoms with Crippen molar-refractivity contribution >= 4 is 41.2 Å². The summed E-state index contributed by atoms with van der Waals surface area (Å²) in [7, 11) is 1.49. The van der Waals surface area contributed by atoms with E-state index in [1.165, 1.54) is 24.1 Å². The van der Waals surface area contributed by atoms with Crippen LogP contribution in [0.4, 0.5) is 0 Å². The zero-order valence-electron chi connectivity index (χ0n) is 14.9. The molecule has 2 aromatic rings. The van der Waals surface area contributed by atoms with E-state index in [1.54, 1.807) is 35.8 Å². The van der Waals surface area contributed by atoms with E-state index in [0.717, 1.165) is 5.69 Å². The number of hydrogen-bond acceptors (Lipinski definition) is 4. The number of carbonyl (C=O) groups excluding carboxylic acids is 2. The quantitative estimate of drug-likeness (QED) is 0.481. The minimum absolute atomic E-state index is 0.0298. The first kappa shape index (κ1) is 18.5. The summed E-state index contributed by atoms with van der Waals surface area (Å²) in [5.74, 6) is -2.08. The molecule has 1 aromatic heterocycles. The van der Waals surface area contributed by atoms with Crippen LogP contribution >= 0.6 is 12.2 Å². The van der Waals surface area contributed by atoms with E-state index in [9.17, 15) is 19.5 Å². The maximum Gasteiger partial charge on any atom is 0.337 e. The van der Waals surface area contributed by atoms with Crippen LogP contribution in [0.3, 0.4) is 0 Å². The first-order chi connectivity index (χ1) is 12.7. The van der Waals surface area contributed by atoms with Gasteiger partial charge in [-0.1, -0.05) is 12.1 Å². The fraction of sp³-hybridized carbons (Fsp3) is 0.158. The fourth-order valence-electron chi connectivity index (χ4n) is 3.06. The van der Waals surface area contributed by atoms with Crippen molar-refractivity contribution in [2.45, 2.75) is 13.8 Å². The maximum atomic E-state index is 12.4. The monoisotopic (exact) mass is 383 g/mol. The van der Waals surface area contributed by atoms with Crippen LogP contribution in [0.1, 0.15) is 27.3 Å². The Labute approximate surface area is 160 Å². The Morgan fingerprint density at radius 1 is 1.22 bits per heavy atom. The normalized spacial score (nSPS) is 16.0. The number of amides is 2. The number of para-hydroxylation sites is 1. The first-order valence-electron chi connectivity index (χ1n) is 8.09. The average Bonchev–Trinajstić information content (AvgIpc) is 2.90. The second-order valence-electron chi connectivity index (χ2n) is 6.17. The third-order valence-corrected chi connectivity index (χ3v) is 4.83. The molecule has 0 aliphatic carbocycles. The van der Waals surface area contributed by atoms with E-state index in [2.05, 4.69) is 5.32 Å². The number of benzene rings is 1. The third kappa shape index (κ3) is 3.15. The van der Waals surface area contributed by atoms with Gasteiger partial charge in [-0.25, -0.2) is 4.79 Å². The zero-order valence-corrected chi connectivity index (χ0v) is 15.8. The number of aromatic nitrogens is 1. The Hall–Kier alpha value is -3.26. The molecule has 0 atom stereocenters. The molecule has 7 nitrogen and oxygen atoms in total. The van der Waals surface area contributed by atoms with Crippen LogP contribution in [0.15, 0.2) is 35.9 Å². The van der Waals surface area contributed by atoms with Crippen LogP contribution < -0.4 is 5.32 Å². The summed E-state index contributed by atoms with van der Waals surface area (Å²) >= 11 is 4.94. The Morgan fingerprint density at radius 3 is 2.56 bits per heavy atom. The molecule has 138 valence electrons. The van der Waals surface area contributed by atoms with Gasteiger partial charge in [-0.2, -0.15) is 0 Å². The number of nitrogens with one attached hydrogen (secondary N) is 1. The number of likely N-dealkylation sites (N-methyl/N-ethyl adjacent to an activating group) is 1. The molecule has 3 rings (SSSR count). The molecule has 0 unspecified atom stereocenters. The number of thiocarbonyl (C=S) groups is 1. The molecular weight excluding hydrogens is 366 g/mol. The summed E-state index contributed by atoms with van der Waals surface area (Å²) in [4.78, 5) is 37.3. The molecule has 0 radical (unpaired) electrons. The lowest BCUT2D eigenvalue weighted by Crippen LogP contribution is -2.52. The van der Waals surface area contributed by atoms with E-state index in [0.29, 0.717) is 16.9 Å². The zero-order chi connectivity index (χ0) is 19.9. The smallest absolute Gasteiger partial charge is 0.337 e. The van der Waals surface area contributed by atoms with Crippen molar-refractivity contribution in [2.75, 3.05) is 7.05 Å². The van der Waals surface area contributed by atoms with E-state index >= 15 is 0 Å². The molecule has 0 bridgehead atoms. The average molecular weight is 383 g/mol. The van der Waals surface area contributed by atoms with Gasteiger partial charge >= 0.3 is 5.97 Å². The highest BCUT2D eigenvalue weighted by atomic mass is 32.1. The van der Waals surface area contributed by atoms with Gasteiger partial charge in [-0.3, -0.25) is 19.8 Å². The van der Waals surface area contributed by atoms with Gasteiger partial charge in [-0.05, 0) is 55.9 Å². The van der Waals surface area contributed by atoms with Crippen LogP contribution in [-0.2, 0) is 9.59 Å². The molecule has 1 aliphatic rings. The van der Waals surface area contributed by atoms with E-state index in [4.69, 9.17) is 12.2 Å². The molecule has 8 heteroatoms. The SMILES string of the molecule is Cc1cc(/C=C2\C(=O)NC(=S)N(C)C2=O)c(C)n1-c1ccccc1C(=O)O. The Morgan fingerprint density at radius 2 is 1.89 bits per heavy atom. The highest BCUT2D eigenvalue weighted by molar-refractivity contribution is 7.80. The highest BCUT2D eigenvalue weighted by Crippen LogP contribution is 2.26. The minimum atomic E-state index is -1.03. The summed E-state index contributed by atoms with van der Waals surface area (Å²) in [5.41, 5.74) is 2.79. The van der Waals surface area contributed by atoms with Crippen molar-refractivity contribution in [3.63, 3.8) is 0 Å². The summed E-state index contributed by atoms with van der Waals surface area (Å²) in [6, 6.07) is 8.46. The molecule has 2 heterocycles.